The Hall–Kier alpha value is -3.93. The van der Waals surface area contributed by atoms with Crippen LogP contribution in [0, 0.1) is 30.5 Å². The van der Waals surface area contributed by atoms with Crippen LogP contribution in [0.15, 0.2) is 47.7 Å². The van der Waals surface area contributed by atoms with Gasteiger partial charge in [0.1, 0.15) is 17.2 Å². The fourth-order valence-corrected chi connectivity index (χ4v) is 5.36. The van der Waals surface area contributed by atoms with E-state index >= 15 is 0 Å². The molecule has 39 heavy (non-hydrogen) atoms. The van der Waals surface area contributed by atoms with Crippen LogP contribution in [0.2, 0.25) is 0 Å². The highest BCUT2D eigenvalue weighted by Gasteiger charge is 2.53. The molecule has 3 unspecified atom stereocenters. The number of carbonyl (C=O) groups is 2. The van der Waals surface area contributed by atoms with Gasteiger partial charge in [-0.2, -0.15) is 0 Å². The fraction of sp³-hybridized carbons (Fsp3) is 0.467. The highest BCUT2D eigenvalue weighted by molar-refractivity contribution is 5.99. The molecule has 1 fully saturated rings. The van der Waals surface area contributed by atoms with Crippen molar-refractivity contribution in [1.82, 2.24) is 15.2 Å². The van der Waals surface area contributed by atoms with E-state index in [0.717, 1.165) is 17.5 Å². The minimum absolute atomic E-state index is 0.0918. The minimum Gasteiger partial charge on any atom is -0.487 e. The van der Waals surface area contributed by atoms with Crippen LogP contribution in [0.25, 0.3) is 0 Å². The van der Waals surface area contributed by atoms with Gasteiger partial charge < -0.3 is 15.8 Å². The highest BCUT2D eigenvalue weighted by atomic mass is 19.1. The number of halogens is 1. The zero-order valence-electron chi connectivity index (χ0n) is 23.2. The molecule has 0 spiro atoms. The van der Waals surface area contributed by atoms with Crippen LogP contribution in [0.5, 0.6) is 5.75 Å². The lowest BCUT2D eigenvalue weighted by Crippen LogP contribution is -2.49. The summed E-state index contributed by atoms with van der Waals surface area (Å²) in [5, 5.41) is 3.20. The average Bonchev–Trinajstić information content (AvgIpc) is 3.68. The molecule has 5 atom stereocenters. The zero-order chi connectivity index (χ0) is 28.9. The van der Waals surface area contributed by atoms with E-state index in [2.05, 4.69) is 28.1 Å². The highest BCUT2D eigenvalue weighted by Crippen LogP contribution is 2.51. The maximum Gasteiger partial charge on any atom is 0.232 e. The van der Waals surface area contributed by atoms with E-state index in [1.165, 1.54) is 17.2 Å². The molecule has 2 aliphatic heterocycles. The van der Waals surface area contributed by atoms with E-state index < -0.39 is 17.5 Å². The van der Waals surface area contributed by atoms with E-state index in [9.17, 15) is 14.0 Å². The number of pyridine rings is 1. The lowest BCUT2D eigenvalue weighted by molar-refractivity contribution is -0.131. The Balaban J connectivity index is 0.00000100. The van der Waals surface area contributed by atoms with Gasteiger partial charge in [-0.25, -0.2) is 9.38 Å². The summed E-state index contributed by atoms with van der Waals surface area (Å²) in [7, 11) is 0. The average molecular weight is 536 g/mol. The van der Waals surface area contributed by atoms with Crippen molar-refractivity contribution in [3.8, 4) is 18.6 Å². The molecule has 8 nitrogen and oxygen atoms in total. The molecule has 3 heterocycles. The third kappa shape index (κ3) is 6.56. The molecule has 2 amide bonds. The van der Waals surface area contributed by atoms with E-state index in [-0.39, 0.29) is 48.1 Å². The maximum atomic E-state index is 14.1. The van der Waals surface area contributed by atoms with Crippen molar-refractivity contribution >= 4 is 17.8 Å². The van der Waals surface area contributed by atoms with Gasteiger partial charge in [0.25, 0.3) is 0 Å². The number of aliphatic imine (C=N–C) groups is 1. The largest absolute Gasteiger partial charge is 0.487 e. The summed E-state index contributed by atoms with van der Waals surface area (Å²) >= 11 is 0. The van der Waals surface area contributed by atoms with Gasteiger partial charge in [0, 0.05) is 30.5 Å². The van der Waals surface area contributed by atoms with Crippen LogP contribution < -0.4 is 15.8 Å². The number of nitrogens with two attached hydrogens (primary N) is 1. The van der Waals surface area contributed by atoms with E-state index in [0.29, 0.717) is 18.4 Å². The molecule has 208 valence electrons. The first-order valence-corrected chi connectivity index (χ1v) is 13.3. The Morgan fingerprint density at radius 1 is 1.26 bits per heavy atom. The predicted molar refractivity (Wildman–Crippen MR) is 149 cm³/mol. The maximum absolute atomic E-state index is 14.1. The third-order valence-electron chi connectivity index (χ3n) is 6.96. The standard InChI is InChI=1S/C26H30FN5O3.C2H6.C2H2/c1-14-8-22(33)32(25(28)30-14)23(15-9-16(27)13-29-12-15)18-10-19(18)24(34)31-20-11-26(2,3)35-21-7-5-4-6-17(20)21;2*1-2/h4-7,9,12-14,18-20,23H,8,10-11H2,1-3H3,(H2,28,30)(H,31,34);1-2H3;1-2H/t14-,18?,19?,20+,23?;;/m1../s1. The Kier molecular flexibility index (Phi) is 9.33. The summed E-state index contributed by atoms with van der Waals surface area (Å²) in [6.45, 7) is 9.82. The van der Waals surface area contributed by atoms with Gasteiger partial charge in [-0.3, -0.25) is 19.5 Å². The van der Waals surface area contributed by atoms with E-state index in [1.54, 1.807) is 0 Å². The van der Waals surface area contributed by atoms with Gasteiger partial charge in [0.15, 0.2) is 5.96 Å². The zero-order valence-corrected chi connectivity index (χ0v) is 23.2. The summed E-state index contributed by atoms with van der Waals surface area (Å²) in [6.07, 6.45) is 12.0. The molecule has 1 aromatic carbocycles. The summed E-state index contributed by atoms with van der Waals surface area (Å²) < 4.78 is 20.2. The monoisotopic (exact) mass is 535 g/mol. The van der Waals surface area contributed by atoms with Crippen molar-refractivity contribution in [3.63, 3.8) is 0 Å². The smallest absolute Gasteiger partial charge is 0.232 e. The molecule has 3 aliphatic rings. The molecule has 1 saturated carbocycles. The molecule has 3 N–H and O–H groups in total. The van der Waals surface area contributed by atoms with Gasteiger partial charge in [-0.15, -0.1) is 12.8 Å². The Labute approximate surface area is 230 Å². The number of para-hydroxylation sites is 1. The number of ether oxygens (including phenoxy) is 1. The number of rotatable bonds is 5. The first kappa shape index (κ1) is 29.6. The van der Waals surface area contributed by atoms with Gasteiger partial charge in [0.2, 0.25) is 11.8 Å². The van der Waals surface area contributed by atoms with Gasteiger partial charge >= 0.3 is 0 Å². The van der Waals surface area contributed by atoms with Crippen LogP contribution >= 0.6 is 0 Å². The first-order chi connectivity index (χ1) is 18.6. The first-order valence-electron chi connectivity index (χ1n) is 13.3. The second-order valence-corrected chi connectivity index (χ2v) is 10.4. The van der Waals surface area contributed by atoms with E-state index in [4.69, 9.17) is 10.5 Å². The summed E-state index contributed by atoms with van der Waals surface area (Å²) in [6, 6.07) is 8.03. The predicted octanol–water partition coefficient (Wildman–Crippen LogP) is 4.53. The second kappa shape index (κ2) is 12.3. The summed E-state index contributed by atoms with van der Waals surface area (Å²) in [5.41, 5.74) is 7.21. The number of nitrogens with zero attached hydrogens (tertiary/aromatic N) is 3. The van der Waals surface area contributed by atoms with E-state index in [1.807, 2.05) is 58.9 Å². The van der Waals surface area contributed by atoms with Crippen LogP contribution in [0.1, 0.15) is 77.1 Å². The van der Waals surface area contributed by atoms with Crippen LogP contribution in [0.3, 0.4) is 0 Å². The van der Waals surface area contributed by atoms with Crippen molar-refractivity contribution < 1.29 is 18.7 Å². The van der Waals surface area contributed by atoms with Crippen molar-refractivity contribution in [2.75, 3.05) is 0 Å². The van der Waals surface area contributed by atoms with Crippen molar-refractivity contribution in [2.24, 2.45) is 22.6 Å². The topological polar surface area (TPSA) is 110 Å². The Bertz CT molecular complexity index is 1240. The van der Waals surface area contributed by atoms with Crippen LogP contribution in [-0.2, 0) is 9.59 Å². The molecule has 2 aromatic rings. The molecule has 9 heteroatoms. The normalized spacial score (nSPS) is 25.2. The lowest BCUT2D eigenvalue weighted by atomic mass is 9.89. The molecule has 0 bridgehead atoms. The Morgan fingerprint density at radius 3 is 2.62 bits per heavy atom. The van der Waals surface area contributed by atoms with Crippen LogP contribution in [0.4, 0.5) is 4.39 Å². The number of amides is 2. The van der Waals surface area contributed by atoms with Gasteiger partial charge in [-0.1, -0.05) is 32.0 Å². The molecule has 5 rings (SSSR count). The number of fused-ring (bicyclic) bond motifs is 1. The van der Waals surface area contributed by atoms with Crippen molar-refractivity contribution in [1.29, 1.82) is 0 Å². The molecule has 0 radical (unpaired) electrons. The SMILES string of the molecule is C#C.CC.C[C@@H]1CC(=O)N(C(c2cncc(F)c2)C2CC2C(=O)N[C@H]2CC(C)(C)Oc3ccccc32)C(N)=N1. The molecule has 1 aromatic heterocycles. The number of terminal acetylenes is 1. The van der Waals surface area contributed by atoms with Gasteiger partial charge in [0.05, 0.1) is 24.3 Å². The van der Waals surface area contributed by atoms with Crippen LogP contribution in [-0.4, -0.2) is 39.3 Å². The number of aromatic nitrogens is 1. The number of hydrogen-bond acceptors (Lipinski definition) is 6. The molecular weight excluding hydrogens is 497 g/mol. The van der Waals surface area contributed by atoms with Crippen molar-refractivity contribution in [3.05, 3.63) is 59.7 Å². The number of benzene rings is 1. The number of hydrogen-bond donors (Lipinski definition) is 2. The lowest BCUT2D eigenvalue weighted by Gasteiger charge is -2.38. The summed E-state index contributed by atoms with van der Waals surface area (Å²) in [4.78, 5) is 36.1. The number of guanidine groups is 1. The number of nitrogens with one attached hydrogen (secondary N) is 1. The second-order valence-electron chi connectivity index (χ2n) is 10.4. The third-order valence-corrected chi connectivity index (χ3v) is 6.96. The molecule has 0 saturated heterocycles. The van der Waals surface area contributed by atoms with Crippen molar-refractivity contribution in [2.45, 2.75) is 77.6 Å². The fourth-order valence-electron chi connectivity index (χ4n) is 5.36. The van der Waals surface area contributed by atoms with Gasteiger partial charge in [-0.05, 0) is 50.8 Å². The quantitative estimate of drug-likeness (QED) is 0.547. The number of carbonyl (C=O) groups excluding carboxylic acids is 2. The Morgan fingerprint density at radius 2 is 1.95 bits per heavy atom. The molecule has 1 aliphatic carbocycles. The molecular formula is C30H38FN5O3. The minimum atomic E-state index is -0.615. The summed E-state index contributed by atoms with van der Waals surface area (Å²) in [5.74, 6) is -0.519.